The summed E-state index contributed by atoms with van der Waals surface area (Å²) >= 11 is 3.21. The number of nitrogens with one attached hydrogen (secondary N) is 1. The van der Waals surface area contributed by atoms with E-state index in [2.05, 4.69) is 26.2 Å². The fourth-order valence-electron chi connectivity index (χ4n) is 1.11. The van der Waals surface area contributed by atoms with Gasteiger partial charge in [-0.1, -0.05) is 0 Å². The molecular formula is C10H13BrN2O2. The van der Waals surface area contributed by atoms with Crippen LogP contribution < -0.4 is 5.32 Å². The maximum atomic E-state index is 11.6. The molecule has 1 aromatic rings. The average molecular weight is 273 g/mol. The third-order valence-electron chi connectivity index (χ3n) is 1.78. The van der Waals surface area contributed by atoms with E-state index < -0.39 is 0 Å². The van der Waals surface area contributed by atoms with E-state index in [9.17, 15) is 4.79 Å². The summed E-state index contributed by atoms with van der Waals surface area (Å²) in [5.41, 5.74) is 0.543. The molecule has 4 nitrogen and oxygen atoms in total. The summed E-state index contributed by atoms with van der Waals surface area (Å²) in [6.07, 6.45) is 1.53. The molecular weight excluding hydrogens is 260 g/mol. The van der Waals surface area contributed by atoms with Crippen LogP contribution in [0, 0.1) is 0 Å². The second-order valence-corrected chi connectivity index (χ2v) is 4.01. The number of methoxy groups -OCH3 is 1. The number of nitrogens with zero attached hydrogens (tertiary/aromatic N) is 1. The molecule has 0 aliphatic carbocycles. The van der Waals surface area contributed by atoms with Crippen LogP contribution in [-0.2, 0) is 4.74 Å². The minimum atomic E-state index is -0.139. The normalized spacial score (nSPS) is 12.2. The Morgan fingerprint density at radius 1 is 1.67 bits per heavy atom. The number of halogens is 1. The Hall–Kier alpha value is -0.940. The van der Waals surface area contributed by atoms with E-state index in [-0.39, 0.29) is 11.9 Å². The van der Waals surface area contributed by atoms with Crippen LogP contribution in [0.3, 0.4) is 0 Å². The molecule has 0 fully saturated rings. The Bertz CT molecular complexity index is 327. The first kappa shape index (κ1) is 12.1. The first-order chi connectivity index (χ1) is 7.13. The fraction of sp³-hybridized carbons (Fsp3) is 0.400. The molecule has 5 heteroatoms. The van der Waals surface area contributed by atoms with E-state index >= 15 is 0 Å². The Kier molecular flexibility index (Phi) is 4.71. The summed E-state index contributed by atoms with van der Waals surface area (Å²) < 4.78 is 5.63. The number of amides is 1. The van der Waals surface area contributed by atoms with Gasteiger partial charge in [-0.3, -0.25) is 4.79 Å². The maximum Gasteiger partial charge on any atom is 0.253 e. The fourth-order valence-corrected chi connectivity index (χ4v) is 1.34. The van der Waals surface area contributed by atoms with Crippen LogP contribution >= 0.6 is 15.9 Å². The van der Waals surface area contributed by atoms with E-state index in [1.165, 1.54) is 6.20 Å². The topological polar surface area (TPSA) is 51.2 Å². The van der Waals surface area contributed by atoms with Gasteiger partial charge < -0.3 is 10.1 Å². The van der Waals surface area contributed by atoms with Gasteiger partial charge in [-0.2, -0.15) is 0 Å². The maximum absolute atomic E-state index is 11.6. The third kappa shape index (κ3) is 3.97. The van der Waals surface area contributed by atoms with E-state index in [1.807, 2.05) is 6.92 Å². The van der Waals surface area contributed by atoms with Crippen molar-refractivity contribution in [1.29, 1.82) is 0 Å². The molecule has 1 rings (SSSR count). The number of carbonyl (C=O) groups is 1. The van der Waals surface area contributed by atoms with Crippen LogP contribution in [-0.4, -0.2) is 30.6 Å². The first-order valence-electron chi connectivity index (χ1n) is 4.55. The smallest absolute Gasteiger partial charge is 0.253 e. The molecule has 0 spiro atoms. The van der Waals surface area contributed by atoms with Crippen molar-refractivity contribution in [1.82, 2.24) is 10.3 Å². The van der Waals surface area contributed by atoms with Crippen molar-refractivity contribution in [2.24, 2.45) is 0 Å². The first-order valence-corrected chi connectivity index (χ1v) is 5.34. The minimum Gasteiger partial charge on any atom is -0.383 e. The van der Waals surface area contributed by atoms with Crippen LogP contribution in [0.1, 0.15) is 17.3 Å². The van der Waals surface area contributed by atoms with Crippen molar-refractivity contribution >= 4 is 21.8 Å². The summed E-state index contributed by atoms with van der Waals surface area (Å²) in [5, 5.41) is 2.80. The highest BCUT2D eigenvalue weighted by molar-refractivity contribution is 9.10. The van der Waals surface area contributed by atoms with Gasteiger partial charge in [0.1, 0.15) is 4.60 Å². The van der Waals surface area contributed by atoms with Crippen molar-refractivity contribution < 1.29 is 9.53 Å². The average Bonchev–Trinajstić information content (AvgIpc) is 2.18. The monoisotopic (exact) mass is 272 g/mol. The lowest BCUT2D eigenvalue weighted by Crippen LogP contribution is -2.35. The van der Waals surface area contributed by atoms with Crippen LogP contribution in [0.25, 0.3) is 0 Å². The van der Waals surface area contributed by atoms with Crippen molar-refractivity contribution in [3.63, 3.8) is 0 Å². The zero-order valence-electron chi connectivity index (χ0n) is 8.66. The van der Waals surface area contributed by atoms with Gasteiger partial charge in [0.05, 0.1) is 12.2 Å². The number of hydrogen-bond acceptors (Lipinski definition) is 3. The van der Waals surface area contributed by atoms with E-state index in [4.69, 9.17) is 4.74 Å². The molecule has 1 atom stereocenters. The molecule has 1 amide bonds. The van der Waals surface area contributed by atoms with Gasteiger partial charge in [0.2, 0.25) is 0 Å². The molecule has 82 valence electrons. The van der Waals surface area contributed by atoms with Crippen LogP contribution in [0.15, 0.2) is 22.9 Å². The van der Waals surface area contributed by atoms with Gasteiger partial charge in [-0.25, -0.2) is 4.98 Å². The Balaban J connectivity index is 2.57. The van der Waals surface area contributed by atoms with Crippen molar-refractivity contribution in [3.8, 4) is 0 Å². The number of hydrogen-bond donors (Lipinski definition) is 1. The van der Waals surface area contributed by atoms with Gasteiger partial charge in [-0.15, -0.1) is 0 Å². The van der Waals surface area contributed by atoms with E-state index in [0.717, 1.165) is 0 Å². The van der Waals surface area contributed by atoms with Gasteiger partial charge in [0, 0.05) is 19.3 Å². The standard InChI is InChI=1S/C10H13BrN2O2/c1-7(6-15-2)13-10(14)8-3-4-9(11)12-5-8/h3-5,7H,6H2,1-2H3,(H,13,14). The number of pyridine rings is 1. The van der Waals surface area contributed by atoms with Crippen molar-refractivity contribution in [3.05, 3.63) is 28.5 Å². The predicted molar refractivity (Wildman–Crippen MR) is 60.7 cm³/mol. The molecule has 1 N–H and O–H groups in total. The number of aromatic nitrogens is 1. The van der Waals surface area contributed by atoms with Gasteiger partial charge in [-0.05, 0) is 35.0 Å². The zero-order valence-corrected chi connectivity index (χ0v) is 10.2. The van der Waals surface area contributed by atoms with Crippen LogP contribution in [0.5, 0.6) is 0 Å². The second-order valence-electron chi connectivity index (χ2n) is 3.20. The minimum absolute atomic E-state index is 0.00820. The number of rotatable bonds is 4. The highest BCUT2D eigenvalue weighted by Crippen LogP contribution is 2.06. The molecule has 1 heterocycles. The SMILES string of the molecule is COCC(C)NC(=O)c1ccc(Br)nc1. The summed E-state index contributed by atoms with van der Waals surface area (Å²) in [5.74, 6) is -0.139. The highest BCUT2D eigenvalue weighted by Gasteiger charge is 2.09. The van der Waals surface area contributed by atoms with Gasteiger partial charge in [0.15, 0.2) is 0 Å². The Morgan fingerprint density at radius 2 is 2.40 bits per heavy atom. The molecule has 0 radical (unpaired) electrons. The molecule has 1 unspecified atom stereocenters. The summed E-state index contributed by atoms with van der Waals surface area (Å²) in [4.78, 5) is 15.6. The lowest BCUT2D eigenvalue weighted by molar-refractivity contribution is 0.0905. The summed E-state index contributed by atoms with van der Waals surface area (Å²) in [6.45, 7) is 2.38. The number of ether oxygens (including phenoxy) is 1. The lowest BCUT2D eigenvalue weighted by atomic mass is 10.2. The summed E-state index contributed by atoms with van der Waals surface area (Å²) in [7, 11) is 1.60. The quantitative estimate of drug-likeness (QED) is 0.848. The second kappa shape index (κ2) is 5.82. The molecule has 0 aromatic carbocycles. The Labute approximate surface area is 97.2 Å². The molecule has 0 aliphatic rings. The largest absolute Gasteiger partial charge is 0.383 e. The molecule has 0 aliphatic heterocycles. The number of carbonyl (C=O) groups excluding carboxylic acids is 1. The van der Waals surface area contributed by atoms with Crippen molar-refractivity contribution in [2.75, 3.05) is 13.7 Å². The van der Waals surface area contributed by atoms with E-state index in [0.29, 0.717) is 16.8 Å². The van der Waals surface area contributed by atoms with Gasteiger partial charge in [0.25, 0.3) is 5.91 Å². The van der Waals surface area contributed by atoms with Crippen LogP contribution in [0.2, 0.25) is 0 Å². The molecule has 0 saturated carbocycles. The Morgan fingerprint density at radius 3 is 2.93 bits per heavy atom. The molecule has 1 aromatic heterocycles. The van der Waals surface area contributed by atoms with Crippen LogP contribution in [0.4, 0.5) is 0 Å². The molecule has 0 saturated heterocycles. The van der Waals surface area contributed by atoms with E-state index in [1.54, 1.807) is 19.2 Å². The third-order valence-corrected chi connectivity index (χ3v) is 2.25. The van der Waals surface area contributed by atoms with Crippen molar-refractivity contribution in [2.45, 2.75) is 13.0 Å². The van der Waals surface area contributed by atoms with Gasteiger partial charge >= 0.3 is 0 Å². The zero-order chi connectivity index (χ0) is 11.3. The molecule has 15 heavy (non-hydrogen) atoms. The highest BCUT2D eigenvalue weighted by atomic mass is 79.9. The predicted octanol–water partition coefficient (Wildman–Crippen LogP) is 1.61. The molecule has 0 bridgehead atoms. The summed E-state index contributed by atoms with van der Waals surface area (Å²) in [6, 6.07) is 3.44. The lowest BCUT2D eigenvalue weighted by Gasteiger charge is -2.12.